The third kappa shape index (κ3) is 2.60. The maximum Gasteiger partial charge on any atom is 0.274 e. The first kappa shape index (κ1) is 13.6. The van der Waals surface area contributed by atoms with Gasteiger partial charge < -0.3 is 10.1 Å². The summed E-state index contributed by atoms with van der Waals surface area (Å²) in [5.74, 6) is 0. The number of ether oxygens (including phenoxy) is 1. The molecule has 0 bridgehead atoms. The molecular weight excluding hydrogens is 268 g/mol. The number of nitrogens with zero attached hydrogens (tertiary/aromatic N) is 1. The van der Waals surface area contributed by atoms with Crippen molar-refractivity contribution in [1.82, 2.24) is 0 Å². The largest absolute Gasteiger partial charge is 0.375 e. The highest BCUT2D eigenvalue weighted by molar-refractivity contribution is 5.61. The van der Waals surface area contributed by atoms with Gasteiger partial charge in [-0.1, -0.05) is 30.3 Å². The summed E-state index contributed by atoms with van der Waals surface area (Å²) in [6, 6.07) is 13.2. The van der Waals surface area contributed by atoms with Crippen LogP contribution >= 0.6 is 0 Å². The lowest BCUT2D eigenvalue weighted by atomic mass is 9.98. The Morgan fingerprint density at radius 3 is 2.86 bits per heavy atom. The van der Waals surface area contributed by atoms with E-state index in [-0.39, 0.29) is 16.7 Å². The molecular formula is C16H16N2O3. The number of nitro groups is 1. The highest BCUT2D eigenvalue weighted by atomic mass is 16.6. The molecule has 0 amide bonds. The topological polar surface area (TPSA) is 64.4 Å². The predicted molar refractivity (Wildman–Crippen MR) is 80.3 cm³/mol. The zero-order chi connectivity index (χ0) is 14.8. The van der Waals surface area contributed by atoms with Crippen molar-refractivity contribution in [2.45, 2.75) is 19.6 Å². The van der Waals surface area contributed by atoms with E-state index in [0.29, 0.717) is 18.8 Å². The normalized spacial score (nSPS) is 17.1. The van der Waals surface area contributed by atoms with E-state index >= 15 is 0 Å². The number of benzene rings is 2. The van der Waals surface area contributed by atoms with Crippen LogP contribution in [0.4, 0.5) is 11.4 Å². The van der Waals surface area contributed by atoms with Gasteiger partial charge in [-0.25, -0.2) is 0 Å². The molecule has 0 saturated carbocycles. The minimum absolute atomic E-state index is 0.00986. The van der Waals surface area contributed by atoms with Crippen molar-refractivity contribution in [3.05, 3.63) is 69.3 Å². The van der Waals surface area contributed by atoms with Crippen LogP contribution in [0.15, 0.2) is 42.5 Å². The van der Waals surface area contributed by atoms with Crippen LogP contribution in [0.5, 0.6) is 0 Å². The van der Waals surface area contributed by atoms with Gasteiger partial charge in [0, 0.05) is 17.3 Å². The van der Waals surface area contributed by atoms with Gasteiger partial charge in [0.1, 0.15) is 0 Å². The molecule has 0 spiro atoms. The third-order valence-corrected chi connectivity index (χ3v) is 3.80. The van der Waals surface area contributed by atoms with Gasteiger partial charge in [-0.3, -0.25) is 10.1 Å². The number of rotatable bonds is 3. The first-order valence-corrected chi connectivity index (χ1v) is 6.83. The number of hydrogen-bond acceptors (Lipinski definition) is 4. The molecule has 1 N–H and O–H groups in total. The highest BCUT2D eigenvalue weighted by Crippen LogP contribution is 2.31. The van der Waals surface area contributed by atoms with E-state index in [9.17, 15) is 10.1 Å². The van der Waals surface area contributed by atoms with Crippen molar-refractivity contribution >= 4 is 11.4 Å². The van der Waals surface area contributed by atoms with E-state index in [1.54, 1.807) is 13.0 Å². The molecule has 0 saturated heterocycles. The Morgan fingerprint density at radius 1 is 1.24 bits per heavy atom. The van der Waals surface area contributed by atoms with Crippen molar-refractivity contribution in [2.24, 2.45) is 0 Å². The minimum atomic E-state index is -0.355. The summed E-state index contributed by atoms with van der Waals surface area (Å²) in [5.41, 5.74) is 3.89. The zero-order valence-electron chi connectivity index (χ0n) is 11.7. The fourth-order valence-corrected chi connectivity index (χ4v) is 2.67. The molecule has 5 heteroatoms. The van der Waals surface area contributed by atoms with Gasteiger partial charge in [-0.2, -0.15) is 0 Å². The molecule has 2 aromatic carbocycles. The van der Waals surface area contributed by atoms with E-state index in [0.717, 1.165) is 11.3 Å². The molecule has 0 radical (unpaired) electrons. The summed E-state index contributed by atoms with van der Waals surface area (Å²) in [7, 11) is 0. The summed E-state index contributed by atoms with van der Waals surface area (Å²) in [4.78, 5) is 10.7. The molecule has 2 aromatic rings. The monoisotopic (exact) mass is 284 g/mol. The first-order valence-electron chi connectivity index (χ1n) is 6.83. The lowest BCUT2D eigenvalue weighted by molar-refractivity contribution is -0.385. The number of fused-ring (bicyclic) bond motifs is 1. The van der Waals surface area contributed by atoms with Crippen LogP contribution in [-0.2, 0) is 11.3 Å². The molecule has 0 aliphatic carbocycles. The molecule has 1 atom stereocenters. The van der Waals surface area contributed by atoms with Crippen molar-refractivity contribution < 1.29 is 9.66 Å². The van der Waals surface area contributed by atoms with Crippen LogP contribution in [-0.4, -0.2) is 11.5 Å². The molecule has 1 unspecified atom stereocenters. The number of hydrogen-bond donors (Lipinski definition) is 1. The van der Waals surface area contributed by atoms with Crippen molar-refractivity contribution in [2.75, 3.05) is 11.9 Å². The molecule has 108 valence electrons. The van der Waals surface area contributed by atoms with Crippen LogP contribution in [0.25, 0.3) is 0 Å². The van der Waals surface area contributed by atoms with E-state index in [2.05, 4.69) is 11.4 Å². The number of anilines is 1. The van der Waals surface area contributed by atoms with Gasteiger partial charge >= 0.3 is 0 Å². The van der Waals surface area contributed by atoms with Crippen LogP contribution in [0.1, 0.15) is 22.7 Å². The van der Waals surface area contributed by atoms with Gasteiger partial charge in [-0.05, 0) is 24.1 Å². The second-order valence-electron chi connectivity index (χ2n) is 5.12. The van der Waals surface area contributed by atoms with Crippen molar-refractivity contribution in [3.63, 3.8) is 0 Å². The minimum Gasteiger partial charge on any atom is -0.375 e. The Hall–Kier alpha value is -2.40. The van der Waals surface area contributed by atoms with Crippen LogP contribution < -0.4 is 5.32 Å². The highest BCUT2D eigenvalue weighted by Gasteiger charge is 2.22. The molecule has 1 aliphatic rings. The Morgan fingerprint density at radius 2 is 2.05 bits per heavy atom. The Bertz CT molecular complexity index is 685. The molecule has 0 aromatic heterocycles. The summed E-state index contributed by atoms with van der Waals surface area (Å²) >= 11 is 0. The standard InChI is InChI=1S/C16H16N2O3/c1-11-14(7-4-8-16(11)18(19)20)17-15-10-21-9-12-5-2-3-6-13(12)15/h2-8,15,17H,9-10H2,1H3. The van der Waals surface area contributed by atoms with Crippen molar-refractivity contribution in [1.29, 1.82) is 0 Å². The van der Waals surface area contributed by atoms with Gasteiger partial charge in [0.05, 0.1) is 24.2 Å². The summed E-state index contributed by atoms with van der Waals surface area (Å²) in [6.45, 7) is 2.93. The summed E-state index contributed by atoms with van der Waals surface area (Å²) < 4.78 is 5.60. The van der Waals surface area contributed by atoms with Crippen LogP contribution in [0, 0.1) is 17.0 Å². The lowest BCUT2D eigenvalue weighted by Gasteiger charge is -2.27. The number of nitrogens with one attached hydrogen (secondary N) is 1. The van der Waals surface area contributed by atoms with E-state index in [4.69, 9.17) is 4.74 Å². The second-order valence-corrected chi connectivity index (χ2v) is 5.12. The molecule has 21 heavy (non-hydrogen) atoms. The maximum absolute atomic E-state index is 11.0. The van der Waals surface area contributed by atoms with Gasteiger partial charge in [0.2, 0.25) is 0 Å². The molecule has 5 nitrogen and oxygen atoms in total. The van der Waals surface area contributed by atoms with Gasteiger partial charge in [0.25, 0.3) is 5.69 Å². The smallest absolute Gasteiger partial charge is 0.274 e. The Kier molecular flexibility index (Phi) is 3.58. The van der Waals surface area contributed by atoms with Gasteiger partial charge in [-0.15, -0.1) is 0 Å². The lowest BCUT2D eigenvalue weighted by Crippen LogP contribution is -2.23. The fraction of sp³-hybridized carbons (Fsp3) is 0.250. The molecule has 1 heterocycles. The Labute approximate surface area is 122 Å². The molecule has 1 aliphatic heterocycles. The predicted octanol–water partition coefficient (Wildman–Crippen LogP) is 3.59. The van der Waals surface area contributed by atoms with Crippen molar-refractivity contribution in [3.8, 4) is 0 Å². The summed E-state index contributed by atoms with van der Waals surface area (Å²) in [5, 5.41) is 14.4. The maximum atomic E-state index is 11.0. The average Bonchev–Trinajstić information content (AvgIpc) is 2.49. The summed E-state index contributed by atoms with van der Waals surface area (Å²) in [6.07, 6.45) is 0. The van der Waals surface area contributed by atoms with E-state index in [1.165, 1.54) is 11.6 Å². The first-order chi connectivity index (χ1) is 10.2. The van der Waals surface area contributed by atoms with Gasteiger partial charge in [0.15, 0.2) is 0 Å². The van der Waals surface area contributed by atoms with Crippen LogP contribution in [0.2, 0.25) is 0 Å². The SMILES string of the molecule is Cc1c(NC2COCc3ccccc32)cccc1[N+](=O)[O-]. The average molecular weight is 284 g/mol. The quantitative estimate of drug-likeness (QED) is 0.691. The van der Waals surface area contributed by atoms with Crippen LogP contribution in [0.3, 0.4) is 0 Å². The molecule has 3 rings (SSSR count). The molecule has 0 fully saturated rings. The van der Waals surface area contributed by atoms with E-state index < -0.39 is 0 Å². The Balaban J connectivity index is 1.92. The fourth-order valence-electron chi connectivity index (χ4n) is 2.67. The zero-order valence-corrected chi connectivity index (χ0v) is 11.7. The second kappa shape index (κ2) is 5.54. The third-order valence-electron chi connectivity index (χ3n) is 3.80. The number of nitro benzene ring substituents is 1. The van der Waals surface area contributed by atoms with E-state index in [1.807, 2.05) is 24.3 Å².